The van der Waals surface area contributed by atoms with E-state index in [1.54, 1.807) is 0 Å². The number of nitrogens with one attached hydrogen (secondary N) is 1. The Kier molecular flexibility index (Phi) is 3.92. The maximum Gasteiger partial charge on any atom is 0.260 e. The molecule has 20 heavy (non-hydrogen) atoms. The first-order valence-corrected chi connectivity index (χ1v) is 7.44. The second-order valence-electron chi connectivity index (χ2n) is 5.87. The first-order valence-electron chi connectivity index (χ1n) is 7.44. The van der Waals surface area contributed by atoms with Gasteiger partial charge in [0.1, 0.15) is 5.75 Å². The highest BCUT2D eigenvalue weighted by molar-refractivity contribution is 5.77. The summed E-state index contributed by atoms with van der Waals surface area (Å²) < 4.78 is 5.59. The summed E-state index contributed by atoms with van der Waals surface area (Å²) in [5.74, 6) is 0.860. The fourth-order valence-corrected chi connectivity index (χ4v) is 3.04. The van der Waals surface area contributed by atoms with Crippen LogP contribution in [0.25, 0.3) is 0 Å². The molecular weight excluding hydrogens is 252 g/mol. The second-order valence-corrected chi connectivity index (χ2v) is 5.87. The van der Waals surface area contributed by atoms with E-state index in [1.165, 1.54) is 18.4 Å². The standard InChI is InChI=1S/C16H22N2O2/c1-12-2-6-15(7-3-12)20-11-16(19)18-9-8-13-4-5-14(10-18)17-13/h2-3,6-7,13-14,17H,4-5,8-11H2,1H3. The minimum absolute atomic E-state index is 0.0972. The van der Waals surface area contributed by atoms with Gasteiger partial charge in [-0.3, -0.25) is 4.79 Å². The molecule has 4 nitrogen and oxygen atoms in total. The van der Waals surface area contributed by atoms with Crippen molar-refractivity contribution in [2.24, 2.45) is 0 Å². The van der Waals surface area contributed by atoms with E-state index in [9.17, 15) is 4.79 Å². The minimum Gasteiger partial charge on any atom is -0.484 e. The molecule has 1 N–H and O–H groups in total. The van der Waals surface area contributed by atoms with E-state index in [0.717, 1.165) is 25.3 Å². The molecule has 108 valence electrons. The molecule has 0 saturated carbocycles. The molecule has 2 aliphatic heterocycles. The Morgan fingerprint density at radius 2 is 2.00 bits per heavy atom. The van der Waals surface area contributed by atoms with Gasteiger partial charge in [-0.15, -0.1) is 0 Å². The van der Waals surface area contributed by atoms with Crippen LogP contribution < -0.4 is 10.1 Å². The fourth-order valence-electron chi connectivity index (χ4n) is 3.04. The third-order valence-electron chi connectivity index (χ3n) is 4.26. The Morgan fingerprint density at radius 3 is 2.80 bits per heavy atom. The Morgan fingerprint density at radius 1 is 1.25 bits per heavy atom. The van der Waals surface area contributed by atoms with Crippen molar-refractivity contribution in [3.63, 3.8) is 0 Å². The molecule has 2 bridgehead atoms. The van der Waals surface area contributed by atoms with Gasteiger partial charge in [0.05, 0.1) is 0 Å². The Hall–Kier alpha value is -1.55. The van der Waals surface area contributed by atoms with Crippen molar-refractivity contribution in [1.82, 2.24) is 10.2 Å². The smallest absolute Gasteiger partial charge is 0.260 e. The Bertz CT molecular complexity index is 472. The number of hydrogen-bond donors (Lipinski definition) is 1. The minimum atomic E-state index is 0.0972. The number of ether oxygens (including phenoxy) is 1. The molecule has 4 heteroatoms. The van der Waals surface area contributed by atoms with E-state index in [4.69, 9.17) is 4.74 Å². The largest absolute Gasteiger partial charge is 0.484 e. The summed E-state index contributed by atoms with van der Waals surface area (Å²) in [6.45, 7) is 3.85. The van der Waals surface area contributed by atoms with Crippen LogP contribution in [-0.4, -0.2) is 42.6 Å². The maximum absolute atomic E-state index is 12.2. The summed E-state index contributed by atoms with van der Waals surface area (Å²) in [4.78, 5) is 14.2. The monoisotopic (exact) mass is 274 g/mol. The third kappa shape index (κ3) is 3.12. The van der Waals surface area contributed by atoms with Crippen molar-refractivity contribution < 1.29 is 9.53 Å². The van der Waals surface area contributed by atoms with Crippen molar-refractivity contribution in [2.45, 2.75) is 38.3 Å². The molecule has 2 unspecified atom stereocenters. The third-order valence-corrected chi connectivity index (χ3v) is 4.26. The average molecular weight is 274 g/mol. The number of rotatable bonds is 3. The van der Waals surface area contributed by atoms with Crippen molar-refractivity contribution in [3.8, 4) is 5.75 Å². The molecule has 0 spiro atoms. The van der Waals surface area contributed by atoms with Gasteiger partial charge in [-0.2, -0.15) is 0 Å². The van der Waals surface area contributed by atoms with Crippen LogP contribution in [-0.2, 0) is 4.79 Å². The molecule has 1 aromatic carbocycles. The molecule has 0 radical (unpaired) electrons. The van der Waals surface area contributed by atoms with Gasteiger partial charge in [-0.1, -0.05) is 17.7 Å². The van der Waals surface area contributed by atoms with Crippen LogP contribution in [0.1, 0.15) is 24.8 Å². The zero-order valence-corrected chi connectivity index (χ0v) is 12.0. The number of amides is 1. The highest BCUT2D eigenvalue weighted by Gasteiger charge is 2.31. The lowest BCUT2D eigenvalue weighted by molar-refractivity contribution is -0.133. The van der Waals surface area contributed by atoms with Gasteiger partial charge >= 0.3 is 0 Å². The summed E-state index contributed by atoms with van der Waals surface area (Å²) in [7, 11) is 0. The Labute approximate surface area is 120 Å². The molecule has 3 rings (SSSR count). The second kappa shape index (κ2) is 5.83. The number of carbonyl (C=O) groups excluding carboxylic acids is 1. The van der Waals surface area contributed by atoms with E-state index < -0.39 is 0 Å². The number of benzene rings is 1. The van der Waals surface area contributed by atoms with Gasteiger partial charge < -0.3 is 15.0 Å². The lowest BCUT2D eigenvalue weighted by Gasteiger charge is -2.24. The molecular formula is C16H22N2O2. The lowest BCUT2D eigenvalue weighted by atomic mass is 10.1. The average Bonchev–Trinajstić information content (AvgIpc) is 2.77. The van der Waals surface area contributed by atoms with E-state index in [-0.39, 0.29) is 12.5 Å². The molecule has 0 aliphatic carbocycles. The molecule has 2 heterocycles. The van der Waals surface area contributed by atoms with Gasteiger partial charge in [-0.05, 0) is 38.3 Å². The van der Waals surface area contributed by atoms with Gasteiger partial charge in [0.25, 0.3) is 5.91 Å². The first-order chi connectivity index (χ1) is 9.70. The number of likely N-dealkylation sites (tertiary alicyclic amines) is 1. The van der Waals surface area contributed by atoms with Crippen LogP contribution in [0.2, 0.25) is 0 Å². The molecule has 0 aromatic heterocycles. The van der Waals surface area contributed by atoms with Crippen LogP contribution in [0.3, 0.4) is 0 Å². The summed E-state index contributed by atoms with van der Waals surface area (Å²) in [5.41, 5.74) is 1.19. The first kappa shape index (κ1) is 13.4. The van der Waals surface area contributed by atoms with Crippen LogP contribution >= 0.6 is 0 Å². The van der Waals surface area contributed by atoms with Gasteiger partial charge in [0.15, 0.2) is 6.61 Å². The normalized spacial score (nSPS) is 25.4. The number of hydrogen-bond acceptors (Lipinski definition) is 3. The van der Waals surface area contributed by atoms with Crippen molar-refractivity contribution in [2.75, 3.05) is 19.7 Å². The number of fused-ring (bicyclic) bond motifs is 2. The summed E-state index contributed by atoms with van der Waals surface area (Å²) in [6, 6.07) is 8.90. The summed E-state index contributed by atoms with van der Waals surface area (Å²) >= 11 is 0. The zero-order valence-electron chi connectivity index (χ0n) is 12.0. The van der Waals surface area contributed by atoms with E-state index in [0.29, 0.717) is 12.1 Å². The molecule has 1 amide bonds. The SMILES string of the molecule is Cc1ccc(OCC(=O)N2CCC3CCC(C2)N3)cc1. The van der Waals surface area contributed by atoms with E-state index in [2.05, 4.69) is 5.32 Å². The Balaban J connectivity index is 1.52. The van der Waals surface area contributed by atoms with E-state index in [1.807, 2.05) is 36.1 Å². The highest BCUT2D eigenvalue weighted by atomic mass is 16.5. The van der Waals surface area contributed by atoms with Gasteiger partial charge in [0, 0.05) is 25.2 Å². The maximum atomic E-state index is 12.2. The summed E-state index contributed by atoms with van der Waals surface area (Å²) in [6.07, 6.45) is 3.51. The number of carbonyl (C=O) groups is 1. The summed E-state index contributed by atoms with van der Waals surface area (Å²) in [5, 5.41) is 3.58. The molecule has 2 saturated heterocycles. The molecule has 2 aliphatic rings. The fraction of sp³-hybridized carbons (Fsp3) is 0.562. The number of aryl methyl sites for hydroxylation is 1. The topological polar surface area (TPSA) is 41.6 Å². The quantitative estimate of drug-likeness (QED) is 0.912. The zero-order chi connectivity index (χ0) is 13.9. The molecule has 1 aromatic rings. The number of nitrogens with zero attached hydrogens (tertiary/aromatic N) is 1. The van der Waals surface area contributed by atoms with E-state index >= 15 is 0 Å². The molecule has 2 fully saturated rings. The van der Waals surface area contributed by atoms with Crippen LogP contribution in [0.4, 0.5) is 0 Å². The van der Waals surface area contributed by atoms with Crippen LogP contribution in [0, 0.1) is 6.92 Å². The molecule has 2 atom stereocenters. The highest BCUT2D eigenvalue weighted by Crippen LogP contribution is 2.20. The van der Waals surface area contributed by atoms with Crippen molar-refractivity contribution in [3.05, 3.63) is 29.8 Å². The predicted molar refractivity (Wildman–Crippen MR) is 77.8 cm³/mol. The van der Waals surface area contributed by atoms with Crippen molar-refractivity contribution >= 4 is 5.91 Å². The van der Waals surface area contributed by atoms with Gasteiger partial charge in [0.2, 0.25) is 0 Å². The predicted octanol–water partition coefficient (Wildman–Crippen LogP) is 1.73. The van der Waals surface area contributed by atoms with Crippen LogP contribution in [0.5, 0.6) is 5.75 Å². The van der Waals surface area contributed by atoms with Crippen LogP contribution in [0.15, 0.2) is 24.3 Å². The van der Waals surface area contributed by atoms with Gasteiger partial charge in [-0.25, -0.2) is 0 Å². The lowest BCUT2D eigenvalue weighted by Crippen LogP contribution is -2.41. The van der Waals surface area contributed by atoms with Crippen molar-refractivity contribution in [1.29, 1.82) is 0 Å².